The molecule has 3 heterocycles. The lowest BCUT2D eigenvalue weighted by Crippen LogP contribution is -2.51. The van der Waals surface area contributed by atoms with Gasteiger partial charge in [0, 0.05) is 51.3 Å². The first kappa shape index (κ1) is 22.3. The first-order valence-corrected chi connectivity index (χ1v) is 11.4. The van der Waals surface area contributed by atoms with Crippen LogP contribution in [0.1, 0.15) is 0 Å². The van der Waals surface area contributed by atoms with Gasteiger partial charge >= 0.3 is 0 Å². The van der Waals surface area contributed by atoms with E-state index in [0.29, 0.717) is 23.3 Å². The van der Waals surface area contributed by atoms with E-state index in [1.807, 2.05) is 16.5 Å². The molecule has 27 heavy (non-hydrogen) atoms. The number of sulfonamides is 1. The molecule has 8 nitrogen and oxygen atoms in total. The highest BCUT2D eigenvalue weighted by molar-refractivity contribution is 14.0. The number of anilines is 1. The van der Waals surface area contributed by atoms with Crippen molar-refractivity contribution in [3.63, 3.8) is 0 Å². The number of aromatic nitrogens is 1. The zero-order valence-corrected chi connectivity index (χ0v) is 19.7. The third-order valence-corrected chi connectivity index (χ3v) is 8.20. The highest BCUT2D eigenvalue weighted by Crippen LogP contribution is 2.20. The lowest BCUT2D eigenvalue weighted by atomic mass is 10.3. The second-order valence-electron chi connectivity index (χ2n) is 5.79. The summed E-state index contributed by atoms with van der Waals surface area (Å²) >= 11 is 2.84. The van der Waals surface area contributed by atoms with Gasteiger partial charge in [-0.25, -0.2) is 13.4 Å². The van der Waals surface area contributed by atoms with Gasteiger partial charge in [0.15, 0.2) is 11.1 Å². The van der Waals surface area contributed by atoms with Crippen molar-refractivity contribution in [1.29, 1.82) is 0 Å². The lowest BCUT2D eigenvalue weighted by molar-refractivity contribution is 0.379. The second-order valence-corrected chi connectivity index (χ2v) is 9.88. The van der Waals surface area contributed by atoms with Crippen molar-refractivity contribution in [2.24, 2.45) is 10.7 Å². The van der Waals surface area contributed by atoms with Crippen LogP contribution < -0.4 is 10.6 Å². The molecule has 1 aliphatic rings. The fourth-order valence-electron chi connectivity index (χ4n) is 2.59. The largest absolute Gasteiger partial charge is 0.370 e. The number of likely N-dealkylation sites (N-methyl/N-ethyl adjacent to an activating group) is 1. The van der Waals surface area contributed by atoms with Crippen LogP contribution in [0.15, 0.2) is 38.3 Å². The average Bonchev–Trinajstić information content (AvgIpc) is 3.35. The molecule has 2 aromatic rings. The number of halogens is 1. The van der Waals surface area contributed by atoms with Gasteiger partial charge < -0.3 is 15.5 Å². The number of hydrogen-bond donors (Lipinski definition) is 1. The Balaban J connectivity index is 0.00000261. The normalized spacial score (nSPS) is 15.9. The summed E-state index contributed by atoms with van der Waals surface area (Å²) < 4.78 is 26.4. The van der Waals surface area contributed by atoms with Gasteiger partial charge in [-0.05, 0) is 11.4 Å². The number of guanidine groups is 1. The number of piperazine rings is 1. The van der Waals surface area contributed by atoms with Crippen molar-refractivity contribution in [3.05, 3.63) is 29.1 Å². The first-order chi connectivity index (χ1) is 12.5. The number of nitrogens with zero attached hydrogens (tertiary/aromatic N) is 5. The summed E-state index contributed by atoms with van der Waals surface area (Å²) in [7, 11) is -1.87. The quantitative estimate of drug-likeness (QED) is 0.339. The number of thiophene rings is 1. The molecule has 1 aliphatic heterocycles. The Morgan fingerprint density at radius 3 is 2.63 bits per heavy atom. The second kappa shape index (κ2) is 10.0. The SMILES string of the molecule is CN(CCN=C(N)N1CCN(c2nccs2)CC1)S(=O)(=O)c1cccs1.I. The van der Waals surface area contributed by atoms with Gasteiger partial charge in [-0.2, -0.15) is 4.31 Å². The Morgan fingerprint density at radius 1 is 1.30 bits per heavy atom. The molecule has 2 N–H and O–H groups in total. The van der Waals surface area contributed by atoms with Gasteiger partial charge in [0.2, 0.25) is 0 Å². The fraction of sp³-hybridized carbons (Fsp3) is 0.467. The Labute approximate surface area is 184 Å². The maximum atomic E-state index is 12.4. The van der Waals surface area contributed by atoms with Crippen molar-refractivity contribution in [2.75, 3.05) is 51.2 Å². The summed E-state index contributed by atoms with van der Waals surface area (Å²) in [6.07, 6.45) is 1.81. The summed E-state index contributed by atoms with van der Waals surface area (Å²) in [5.74, 6) is 0.464. The third kappa shape index (κ3) is 5.53. The molecule has 1 fully saturated rings. The maximum absolute atomic E-state index is 12.4. The minimum Gasteiger partial charge on any atom is -0.370 e. The summed E-state index contributed by atoms with van der Waals surface area (Å²) in [5.41, 5.74) is 6.08. The van der Waals surface area contributed by atoms with E-state index in [9.17, 15) is 8.42 Å². The molecule has 0 saturated carbocycles. The van der Waals surface area contributed by atoms with Crippen LogP contribution in [0.5, 0.6) is 0 Å². The molecule has 0 amide bonds. The van der Waals surface area contributed by atoms with Crippen LogP contribution in [0, 0.1) is 0 Å². The van der Waals surface area contributed by atoms with E-state index in [4.69, 9.17) is 5.73 Å². The topological polar surface area (TPSA) is 95.1 Å². The molecule has 0 aliphatic carbocycles. The third-order valence-electron chi connectivity index (χ3n) is 4.14. The van der Waals surface area contributed by atoms with E-state index in [0.717, 1.165) is 31.3 Å². The Kier molecular flexibility index (Phi) is 8.27. The number of rotatable bonds is 6. The van der Waals surface area contributed by atoms with Crippen LogP contribution in [0.3, 0.4) is 0 Å². The summed E-state index contributed by atoms with van der Waals surface area (Å²) in [6, 6.07) is 3.34. The van der Waals surface area contributed by atoms with Crippen molar-refractivity contribution < 1.29 is 8.42 Å². The molecular formula is C15H23IN6O2S3. The predicted molar refractivity (Wildman–Crippen MR) is 122 cm³/mol. The number of hydrogen-bond acceptors (Lipinski definition) is 7. The predicted octanol–water partition coefficient (Wildman–Crippen LogP) is 1.58. The summed E-state index contributed by atoms with van der Waals surface area (Å²) in [6.45, 7) is 3.86. The molecule has 3 rings (SSSR count). The van der Waals surface area contributed by atoms with Crippen LogP contribution in [0.2, 0.25) is 0 Å². The van der Waals surface area contributed by atoms with Crippen LogP contribution in [-0.2, 0) is 10.0 Å². The van der Waals surface area contributed by atoms with E-state index in [-0.39, 0.29) is 24.0 Å². The molecule has 0 radical (unpaired) electrons. The highest BCUT2D eigenvalue weighted by atomic mass is 127. The van der Waals surface area contributed by atoms with Crippen molar-refractivity contribution in [3.8, 4) is 0 Å². The molecule has 1 saturated heterocycles. The molecule has 2 aromatic heterocycles. The van der Waals surface area contributed by atoms with Crippen molar-refractivity contribution in [1.82, 2.24) is 14.2 Å². The number of aliphatic imine (C=N–C) groups is 1. The van der Waals surface area contributed by atoms with Gasteiger partial charge in [0.1, 0.15) is 4.21 Å². The summed E-state index contributed by atoms with van der Waals surface area (Å²) in [4.78, 5) is 12.9. The fourth-order valence-corrected chi connectivity index (χ4v) is 5.65. The van der Waals surface area contributed by atoms with Crippen LogP contribution in [0.25, 0.3) is 0 Å². The standard InChI is InChI=1S/C15H22N6O2S3.HI/c1-19(26(22,23)13-3-2-11-24-13)6-4-17-14(16)20-7-9-21(10-8-20)15-18-5-12-25-15;/h2-3,5,11-12H,4,6-10H2,1H3,(H2,16,17);1H. The van der Waals surface area contributed by atoms with Crippen LogP contribution >= 0.6 is 46.7 Å². The lowest BCUT2D eigenvalue weighted by Gasteiger charge is -2.35. The Hall–Kier alpha value is -0.960. The van der Waals surface area contributed by atoms with Gasteiger partial charge in [0.25, 0.3) is 10.0 Å². The highest BCUT2D eigenvalue weighted by Gasteiger charge is 2.22. The zero-order chi connectivity index (χ0) is 18.6. The van der Waals surface area contributed by atoms with E-state index in [1.165, 1.54) is 15.6 Å². The van der Waals surface area contributed by atoms with Gasteiger partial charge in [-0.3, -0.25) is 4.99 Å². The van der Waals surface area contributed by atoms with E-state index < -0.39 is 10.0 Å². The molecule has 150 valence electrons. The van der Waals surface area contributed by atoms with Crippen molar-refractivity contribution >= 4 is 67.8 Å². The molecular weight excluding hydrogens is 519 g/mol. The van der Waals surface area contributed by atoms with E-state index >= 15 is 0 Å². The molecule has 0 bridgehead atoms. The minimum atomic E-state index is -3.44. The molecule has 0 unspecified atom stereocenters. The zero-order valence-electron chi connectivity index (χ0n) is 14.9. The molecule has 12 heteroatoms. The van der Waals surface area contributed by atoms with E-state index in [1.54, 1.807) is 35.9 Å². The summed E-state index contributed by atoms with van der Waals surface area (Å²) in [5, 5.41) is 4.75. The molecule has 0 atom stereocenters. The minimum absolute atomic E-state index is 0. The smallest absolute Gasteiger partial charge is 0.252 e. The van der Waals surface area contributed by atoms with Gasteiger partial charge in [0.05, 0.1) is 6.54 Å². The first-order valence-electron chi connectivity index (χ1n) is 8.17. The molecule has 0 spiro atoms. The Bertz CT molecular complexity index is 818. The van der Waals surface area contributed by atoms with Crippen LogP contribution in [0.4, 0.5) is 5.13 Å². The van der Waals surface area contributed by atoms with Gasteiger partial charge in [-0.15, -0.1) is 46.7 Å². The van der Waals surface area contributed by atoms with Gasteiger partial charge in [-0.1, -0.05) is 6.07 Å². The number of nitrogens with two attached hydrogens (primary N) is 1. The van der Waals surface area contributed by atoms with Crippen molar-refractivity contribution in [2.45, 2.75) is 4.21 Å². The Morgan fingerprint density at radius 2 is 2.04 bits per heavy atom. The average molecular weight is 542 g/mol. The maximum Gasteiger partial charge on any atom is 0.252 e. The number of thiazole rings is 1. The molecule has 0 aromatic carbocycles. The van der Waals surface area contributed by atoms with Crippen LogP contribution in [-0.4, -0.2) is 74.9 Å². The van der Waals surface area contributed by atoms with E-state index in [2.05, 4.69) is 14.9 Å². The monoisotopic (exact) mass is 542 g/mol.